The monoisotopic (exact) mass is 392 g/mol. The predicted molar refractivity (Wildman–Crippen MR) is 102 cm³/mol. The van der Waals surface area contributed by atoms with Gasteiger partial charge in [-0.05, 0) is 57.1 Å². The highest BCUT2D eigenvalue weighted by Crippen LogP contribution is 2.24. The van der Waals surface area contributed by atoms with Crippen molar-refractivity contribution in [1.29, 1.82) is 0 Å². The van der Waals surface area contributed by atoms with E-state index in [1.54, 1.807) is 0 Å². The van der Waals surface area contributed by atoms with E-state index in [1.165, 1.54) is 0 Å². The van der Waals surface area contributed by atoms with Gasteiger partial charge in [0.1, 0.15) is 5.76 Å². The first-order chi connectivity index (χ1) is 12.9. The van der Waals surface area contributed by atoms with Crippen LogP contribution in [-0.4, -0.2) is 49.5 Å². The van der Waals surface area contributed by atoms with E-state index in [2.05, 4.69) is 13.2 Å². The Balaban J connectivity index is 5.85. The Labute approximate surface area is 162 Å². The molecule has 0 aliphatic rings. The summed E-state index contributed by atoms with van der Waals surface area (Å²) in [5.41, 5.74) is -3.07. The van der Waals surface area contributed by atoms with E-state index in [0.29, 0.717) is 0 Å². The van der Waals surface area contributed by atoms with Crippen molar-refractivity contribution >= 4 is 23.5 Å². The average Bonchev–Trinajstić information content (AvgIpc) is 2.63. The first-order valence-corrected chi connectivity index (χ1v) is 8.19. The number of aliphatic carboxylic acids is 2. The number of carbonyl (C=O) groups is 4. The summed E-state index contributed by atoms with van der Waals surface area (Å²) in [5, 5.41) is 38.9. The van der Waals surface area contributed by atoms with Crippen LogP contribution in [0.15, 0.2) is 60.4 Å². The molecule has 0 aromatic heterocycles. The van der Waals surface area contributed by atoms with E-state index in [1.807, 2.05) is 0 Å². The summed E-state index contributed by atoms with van der Waals surface area (Å²) in [4.78, 5) is 45.6. The van der Waals surface area contributed by atoms with Crippen LogP contribution in [0, 0.1) is 5.92 Å². The summed E-state index contributed by atoms with van der Waals surface area (Å²) in [6.07, 6.45) is 4.56. The van der Waals surface area contributed by atoms with E-state index in [-0.39, 0.29) is 24.0 Å². The second-order valence-electron chi connectivity index (χ2n) is 6.02. The average molecular weight is 392 g/mol. The topological polar surface area (TPSA) is 149 Å². The van der Waals surface area contributed by atoms with Gasteiger partial charge in [0.2, 0.25) is 0 Å². The number of allylic oxidation sites excluding steroid dienone is 3. The Hall–Kier alpha value is -3.26. The summed E-state index contributed by atoms with van der Waals surface area (Å²) in [7, 11) is 0. The maximum atomic E-state index is 11.8. The molecule has 0 amide bonds. The molecule has 0 saturated heterocycles. The van der Waals surface area contributed by atoms with Crippen molar-refractivity contribution in [3.8, 4) is 0 Å². The molecule has 0 heterocycles. The van der Waals surface area contributed by atoms with Gasteiger partial charge >= 0.3 is 11.9 Å². The SMILES string of the molecule is C=CC(=O)C(CCC=C(O)C(O)(C=C(C)C(=O)O)C=C(C)C(=O)O)C(=O)C=C. The fourth-order valence-corrected chi connectivity index (χ4v) is 2.23. The molecule has 0 aliphatic heterocycles. The van der Waals surface area contributed by atoms with Gasteiger partial charge in [-0.1, -0.05) is 13.2 Å². The predicted octanol–water partition coefficient (Wildman–Crippen LogP) is 2.13. The molecule has 0 saturated carbocycles. The fraction of sp³-hybridized carbons (Fsp3) is 0.300. The molecule has 0 spiro atoms. The van der Waals surface area contributed by atoms with Crippen molar-refractivity contribution in [2.24, 2.45) is 5.92 Å². The van der Waals surface area contributed by atoms with Crippen LogP contribution in [0.3, 0.4) is 0 Å². The third-order valence-electron chi connectivity index (χ3n) is 3.84. The highest BCUT2D eigenvalue weighted by atomic mass is 16.4. The molecule has 0 rings (SSSR count). The largest absolute Gasteiger partial charge is 0.509 e. The second kappa shape index (κ2) is 10.8. The molecule has 8 nitrogen and oxygen atoms in total. The van der Waals surface area contributed by atoms with Crippen LogP contribution in [0.4, 0.5) is 0 Å². The van der Waals surface area contributed by atoms with Crippen molar-refractivity contribution in [2.45, 2.75) is 32.3 Å². The fourth-order valence-electron chi connectivity index (χ4n) is 2.23. The lowest BCUT2D eigenvalue weighted by Gasteiger charge is -2.22. The number of hydrogen-bond acceptors (Lipinski definition) is 6. The minimum atomic E-state index is -2.40. The maximum Gasteiger partial charge on any atom is 0.331 e. The lowest BCUT2D eigenvalue weighted by molar-refractivity contribution is -0.133. The molecule has 0 unspecified atom stereocenters. The standard InChI is InChI=1S/C20H24O8/c1-5-15(21)14(16(22)6-2)8-7-9-17(23)20(28,10-12(3)18(24)25)11-13(4)19(26)27/h5-6,9-11,14,23,28H,1-2,7-8H2,3-4H3,(H,24,25)(H,26,27). The highest BCUT2D eigenvalue weighted by molar-refractivity contribution is 6.10. The van der Waals surface area contributed by atoms with Crippen LogP contribution in [0.1, 0.15) is 26.7 Å². The van der Waals surface area contributed by atoms with Crippen molar-refractivity contribution in [2.75, 3.05) is 0 Å². The Bertz CT molecular complexity index is 717. The van der Waals surface area contributed by atoms with E-state index in [9.17, 15) is 29.4 Å². The van der Waals surface area contributed by atoms with Crippen LogP contribution in [0.5, 0.6) is 0 Å². The molecule has 8 heteroatoms. The van der Waals surface area contributed by atoms with Gasteiger partial charge in [0.25, 0.3) is 0 Å². The van der Waals surface area contributed by atoms with Crippen LogP contribution < -0.4 is 0 Å². The number of hydrogen-bond donors (Lipinski definition) is 4. The Morgan fingerprint density at radius 1 is 0.893 bits per heavy atom. The minimum Gasteiger partial charge on any atom is -0.509 e. The molecular weight excluding hydrogens is 368 g/mol. The molecule has 0 aliphatic carbocycles. The highest BCUT2D eigenvalue weighted by Gasteiger charge is 2.30. The zero-order chi connectivity index (χ0) is 22.1. The molecular formula is C20H24O8. The molecule has 28 heavy (non-hydrogen) atoms. The van der Waals surface area contributed by atoms with Gasteiger partial charge in [-0.15, -0.1) is 0 Å². The van der Waals surface area contributed by atoms with Crippen molar-refractivity contribution in [1.82, 2.24) is 0 Å². The van der Waals surface area contributed by atoms with Gasteiger partial charge in [-0.2, -0.15) is 0 Å². The van der Waals surface area contributed by atoms with Crippen LogP contribution in [0.25, 0.3) is 0 Å². The molecule has 0 aromatic rings. The van der Waals surface area contributed by atoms with Crippen molar-refractivity contribution in [3.63, 3.8) is 0 Å². The van der Waals surface area contributed by atoms with E-state index in [0.717, 1.165) is 44.2 Å². The van der Waals surface area contributed by atoms with E-state index >= 15 is 0 Å². The summed E-state index contributed by atoms with van der Waals surface area (Å²) in [6, 6.07) is 0. The summed E-state index contributed by atoms with van der Waals surface area (Å²) < 4.78 is 0. The number of carboxylic acids is 2. The Kier molecular flexibility index (Phi) is 9.53. The number of aliphatic hydroxyl groups excluding tert-OH is 1. The van der Waals surface area contributed by atoms with Gasteiger partial charge < -0.3 is 20.4 Å². The van der Waals surface area contributed by atoms with Gasteiger partial charge in [-0.3, -0.25) is 9.59 Å². The molecule has 0 fully saturated rings. The molecule has 4 N–H and O–H groups in total. The molecule has 0 atom stereocenters. The van der Waals surface area contributed by atoms with Gasteiger partial charge in [-0.25, -0.2) is 9.59 Å². The quantitative estimate of drug-likeness (QED) is 0.224. The van der Waals surface area contributed by atoms with Crippen molar-refractivity contribution in [3.05, 3.63) is 60.4 Å². The van der Waals surface area contributed by atoms with Gasteiger partial charge in [0.15, 0.2) is 17.2 Å². The van der Waals surface area contributed by atoms with Crippen LogP contribution >= 0.6 is 0 Å². The van der Waals surface area contributed by atoms with Crippen LogP contribution in [-0.2, 0) is 19.2 Å². The van der Waals surface area contributed by atoms with Gasteiger partial charge in [0.05, 0.1) is 5.92 Å². The summed E-state index contributed by atoms with van der Waals surface area (Å²) in [6.45, 7) is 8.94. The number of carbonyl (C=O) groups excluding carboxylic acids is 2. The minimum absolute atomic E-state index is 0.0287. The molecule has 0 radical (unpaired) electrons. The number of rotatable bonds is 12. The summed E-state index contributed by atoms with van der Waals surface area (Å²) in [5.74, 6) is -5.61. The zero-order valence-corrected chi connectivity index (χ0v) is 15.7. The van der Waals surface area contributed by atoms with E-state index in [4.69, 9.17) is 10.2 Å². The molecule has 0 aromatic carbocycles. The zero-order valence-electron chi connectivity index (χ0n) is 15.7. The maximum absolute atomic E-state index is 11.8. The summed E-state index contributed by atoms with van der Waals surface area (Å²) >= 11 is 0. The number of aliphatic hydroxyl groups is 2. The molecule has 152 valence electrons. The van der Waals surface area contributed by atoms with E-state index < -0.39 is 40.8 Å². The van der Waals surface area contributed by atoms with Crippen molar-refractivity contribution < 1.29 is 39.6 Å². The third-order valence-corrected chi connectivity index (χ3v) is 3.84. The lowest BCUT2D eigenvalue weighted by atomic mass is 9.91. The lowest BCUT2D eigenvalue weighted by Crippen LogP contribution is -2.29. The third kappa shape index (κ3) is 7.16. The first-order valence-electron chi connectivity index (χ1n) is 8.19. The van der Waals surface area contributed by atoms with Gasteiger partial charge in [0, 0.05) is 11.1 Å². The number of ketones is 2. The second-order valence-corrected chi connectivity index (χ2v) is 6.02. The Morgan fingerprint density at radius 2 is 1.29 bits per heavy atom. The normalized spacial score (nSPS) is 14.9. The smallest absolute Gasteiger partial charge is 0.331 e. The molecule has 0 bridgehead atoms. The first kappa shape index (κ1) is 24.7. The van der Waals surface area contributed by atoms with Crippen LogP contribution in [0.2, 0.25) is 0 Å². The Morgan fingerprint density at radius 3 is 1.61 bits per heavy atom. The number of carboxylic acid groups (broad SMARTS) is 2.